The van der Waals surface area contributed by atoms with Crippen LogP contribution in [0.25, 0.3) is 51.1 Å². The maximum atomic E-state index is 11.6. The molecule has 115 heavy (non-hydrogen) atoms. The molecular formula is C87H119N19O4S5. The van der Waals surface area contributed by atoms with Gasteiger partial charge in [0.1, 0.15) is 84.9 Å². The molecule has 4 atom stereocenters. The average Bonchev–Trinajstić information content (AvgIpc) is 1.63. The molecule has 5 fully saturated rings. The standard InChI is InChI=1S/C18H24N4O2S.C18H26N4S.C17H22N4OS.C17H24N4S.C17H23N3OS/c1-2-11-3-4-13-14(9-11)25-18-15(13)16(19-10-20-18)22-7-5-12(6-8-22)17(23)21-24;1-18(2)8-7-14-13(9-18)15-16(20-10-21-17(15)23-14)22-12-5-3-11(19)4-6-12;1-10-2-3-13-12(8-10)14-16(19-9-20-17(14)23-13)21-6-4-11(5-7-21)15(18)22;1-3-12-4-5-13-14(10-12)22-17-15(13)16(18-11-19-17)21-8-6-20(2)7-9-21;1-10-2-7-14-13(8-10)15-16(18-9-19-17(15)22-14)20-11-3-5-12(21)6-4-11/h10-12,24H,2-9H2,1H3,(H,21,23);10-12H,3-9,19H2,1-2H3,(H,20,21,22);9-11H,2-8H2,1H3,(H2,18,22);11-12H,3-10H2,1-2H3;9-12,21H,2-8H2,1H3,(H,18,19,20). The van der Waals surface area contributed by atoms with E-state index in [2.05, 4.69) is 129 Å². The van der Waals surface area contributed by atoms with Gasteiger partial charge in [-0.15, -0.1) is 56.7 Å². The van der Waals surface area contributed by atoms with E-state index >= 15 is 0 Å². The molecule has 0 spiro atoms. The molecule has 23 nitrogen and oxygen atoms in total. The number of aliphatic hydroxyl groups excluding tert-OH is 1. The molecule has 2 saturated carbocycles. The Morgan fingerprint density at radius 3 is 1.32 bits per heavy atom. The summed E-state index contributed by atoms with van der Waals surface area (Å²) in [6.45, 7) is 21.7. The van der Waals surface area contributed by atoms with Gasteiger partial charge in [0.15, 0.2) is 0 Å². The summed E-state index contributed by atoms with van der Waals surface area (Å²) in [7, 11) is 2.20. The summed E-state index contributed by atoms with van der Waals surface area (Å²) in [6, 6.07) is 1.31. The average molecular weight is 1660 g/mol. The molecule has 9 N–H and O–H groups in total. The van der Waals surface area contributed by atoms with E-state index in [1.807, 2.05) is 56.7 Å². The van der Waals surface area contributed by atoms with Gasteiger partial charge in [-0.25, -0.2) is 55.3 Å². The summed E-state index contributed by atoms with van der Waals surface area (Å²) < 4.78 is 0. The van der Waals surface area contributed by atoms with Crippen LogP contribution in [-0.4, -0.2) is 161 Å². The summed E-state index contributed by atoms with van der Waals surface area (Å²) in [5, 5.41) is 32.3. The number of hydrogen-bond donors (Lipinski definition) is 7. The number of anilines is 5. The second-order valence-electron chi connectivity index (χ2n) is 35.6. The first-order chi connectivity index (χ1) is 55.8. The van der Waals surface area contributed by atoms with E-state index < -0.39 is 0 Å². The highest BCUT2D eigenvalue weighted by molar-refractivity contribution is 7.20. The van der Waals surface area contributed by atoms with Crippen LogP contribution in [-0.2, 0) is 73.8 Å². The summed E-state index contributed by atoms with van der Waals surface area (Å²) in [4.78, 5) is 91.5. The highest BCUT2D eigenvalue weighted by Gasteiger charge is 2.36. The van der Waals surface area contributed by atoms with Crippen molar-refractivity contribution in [3.05, 3.63) is 83.8 Å². The third kappa shape index (κ3) is 18.3. The minimum Gasteiger partial charge on any atom is -0.393 e. The number of nitrogens with zero attached hydrogens (tertiary/aromatic N) is 14. The highest BCUT2D eigenvalue weighted by Crippen LogP contribution is 2.48. The van der Waals surface area contributed by atoms with Crippen LogP contribution in [0.2, 0.25) is 0 Å². The van der Waals surface area contributed by atoms with Crippen LogP contribution in [0.15, 0.2) is 31.6 Å². The van der Waals surface area contributed by atoms with Gasteiger partial charge in [0.2, 0.25) is 11.8 Å². The van der Waals surface area contributed by atoms with Crippen molar-refractivity contribution < 1.29 is 19.9 Å². The molecule has 13 heterocycles. The lowest BCUT2D eigenvalue weighted by Gasteiger charge is -2.33. The van der Waals surface area contributed by atoms with E-state index in [0.29, 0.717) is 23.5 Å². The number of piperidine rings is 2. The van der Waals surface area contributed by atoms with E-state index in [1.165, 1.54) is 163 Å². The molecule has 28 heteroatoms. The zero-order valence-corrected chi connectivity index (χ0v) is 72.6. The number of fused-ring (bicyclic) bond motifs is 15. The molecule has 3 aliphatic heterocycles. The van der Waals surface area contributed by atoms with Gasteiger partial charge in [0, 0.05) is 107 Å². The Labute approximate surface area is 696 Å². The topological polar surface area (TPSA) is 305 Å². The number of piperazine rings is 1. The number of nitrogens with one attached hydrogen (secondary N) is 3. The number of amides is 2. The molecule has 0 bridgehead atoms. The van der Waals surface area contributed by atoms with Crippen molar-refractivity contribution in [3.8, 4) is 0 Å². The molecule has 0 aromatic carbocycles. The fourth-order valence-electron chi connectivity index (χ4n) is 19.7. The van der Waals surface area contributed by atoms with Crippen LogP contribution < -0.4 is 42.3 Å². The number of carbonyl (C=O) groups excluding carboxylic acids is 2. The summed E-state index contributed by atoms with van der Waals surface area (Å²) in [5.41, 5.74) is 21.1. The number of hydrogen-bond acceptors (Lipinski definition) is 26. The molecule has 10 aromatic heterocycles. The second-order valence-corrected chi connectivity index (χ2v) is 41.0. The van der Waals surface area contributed by atoms with Gasteiger partial charge in [-0.1, -0.05) is 54.4 Å². The Balaban J connectivity index is 0.000000108. The predicted octanol–water partition coefficient (Wildman–Crippen LogP) is 15.8. The summed E-state index contributed by atoms with van der Waals surface area (Å²) in [5.74, 6) is 7.94. The van der Waals surface area contributed by atoms with E-state index in [0.717, 1.165) is 221 Å². The van der Waals surface area contributed by atoms with Gasteiger partial charge < -0.3 is 46.8 Å². The van der Waals surface area contributed by atoms with Crippen LogP contribution in [0, 0.1) is 40.9 Å². The number of carbonyl (C=O) groups is 2. The number of thiophene rings is 5. The molecule has 0 radical (unpaired) electrons. The Morgan fingerprint density at radius 1 is 0.461 bits per heavy atom. The largest absolute Gasteiger partial charge is 0.393 e. The molecule has 10 aliphatic rings. The lowest BCUT2D eigenvalue weighted by Crippen LogP contribution is -2.44. The predicted molar refractivity (Wildman–Crippen MR) is 471 cm³/mol. The number of rotatable bonds is 11. The van der Waals surface area contributed by atoms with Crippen LogP contribution in [0.4, 0.5) is 29.1 Å². The normalized spacial score (nSPS) is 24.3. The SMILES string of the molecule is CC1(C)CCc2sc3ncnc(NC4CCC(N)CC4)c3c2C1.CC1CCc2sc3ncnc(N4CCC(C(N)=O)CC4)c3c2C1.CC1CCc2sc3ncnc(NC4CCC(O)CC4)c3c2C1.CCC1CCc2c(sc3ncnc(N4CCC(C(=O)NO)CC4)c23)C1.CCC1CCc2c(sc3ncnc(N4CCN(C)CC4)c23)C1. The molecule has 20 rings (SSSR count). The van der Waals surface area contributed by atoms with Crippen molar-refractivity contribution in [3.63, 3.8) is 0 Å². The lowest BCUT2D eigenvalue weighted by atomic mass is 9.76. The van der Waals surface area contributed by atoms with Crippen molar-refractivity contribution in [1.82, 2.24) is 60.2 Å². The van der Waals surface area contributed by atoms with Crippen molar-refractivity contribution >= 4 is 149 Å². The molecule has 3 saturated heterocycles. The van der Waals surface area contributed by atoms with E-state index in [4.69, 9.17) is 16.7 Å². The van der Waals surface area contributed by atoms with Gasteiger partial charge in [-0.2, -0.15) is 0 Å². The molecule has 2 amide bonds. The monoisotopic (exact) mass is 1650 g/mol. The van der Waals surface area contributed by atoms with Crippen molar-refractivity contribution in [2.24, 2.45) is 52.4 Å². The minimum atomic E-state index is -0.272. The first-order valence-corrected chi connectivity index (χ1v) is 47.3. The Hall–Kier alpha value is -7.02. The smallest absolute Gasteiger partial charge is 0.246 e. The third-order valence-corrected chi connectivity index (χ3v) is 32.9. The molecule has 7 aliphatic carbocycles. The molecular weight excluding hydrogens is 1540 g/mol. The first-order valence-electron chi connectivity index (χ1n) is 43.2. The van der Waals surface area contributed by atoms with E-state index in [-0.39, 0.29) is 29.8 Å². The van der Waals surface area contributed by atoms with Gasteiger partial charge in [-0.05, 0) is 237 Å². The number of aliphatic hydroxyl groups is 1. The lowest BCUT2D eigenvalue weighted by molar-refractivity contribution is -0.134. The maximum absolute atomic E-state index is 11.6. The minimum absolute atomic E-state index is 0.0139. The van der Waals surface area contributed by atoms with Crippen molar-refractivity contribution in [1.29, 1.82) is 0 Å². The summed E-state index contributed by atoms with van der Waals surface area (Å²) >= 11 is 9.29. The number of hydroxylamine groups is 1. The number of nitrogens with two attached hydrogens (primary N) is 2. The van der Waals surface area contributed by atoms with Gasteiger partial charge >= 0.3 is 0 Å². The zero-order valence-electron chi connectivity index (χ0n) is 68.5. The van der Waals surface area contributed by atoms with Crippen LogP contribution >= 0.6 is 56.7 Å². The number of likely N-dealkylation sites (N-methyl/N-ethyl adjacent to an activating group) is 1. The fourth-order valence-corrected chi connectivity index (χ4v) is 25.8. The van der Waals surface area contributed by atoms with E-state index in [9.17, 15) is 14.7 Å². The van der Waals surface area contributed by atoms with Crippen molar-refractivity contribution in [2.75, 3.05) is 84.7 Å². The van der Waals surface area contributed by atoms with Crippen LogP contribution in [0.1, 0.15) is 216 Å². The van der Waals surface area contributed by atoms with Crippen molar-refractivity contribution in [2.45, 2.75) is 252 Å². The third-order valence-electron chi connectivity index (χ3n) is 26.9. The second kappa shape index (κ2) is 36.3. The fraction of sp³-hybridized carbons (Fsp3) is 0.632. The van der Waals surface area contributed by atoms with E-state index in [1.54, 1.807) is 47.6 Å². The Bertz CT molecular complexity index is 5030. The number of aryl methyl sites for hydroxylation is 5. The van der Waals surface area contributed by atoms with Gasteiger partial charge in [0.05, 0.1) is 33.0 Å². The van der Waals surface area contributed by atoms with Gasteiger partial charge in [-0.3, -0.25) is 14.8 Å². The zero-order chi connectivity index (χ0) is 79.6. The maximum Gasteiger partial charge on any atom is 0.246 e. The summed E-state index contributed by atoms with van der Waals surface area (Å²) in [6.07, 6.45) is 40.5. The number of primary amides is 1. The highest BCUT2D eigenvalue weighted by atomic mass is 32.1. The van der Waals surface area contributed by atoms with Crippen LogP contribution in [0.5, 0.6) is 0 Å². The van der Waals surface area contributed by atoms with Crippen LogP contribution in [0.3, 0.4) is 0 Å². The Kier molecular flexibility index (Phi) is 25.8. The Morgan fingerprint density at radius 2 is 0.861 bits per heavy atom. The molecule has 616 valence electrons. The molecule has 4 unspecified atom stereocenters. The molecule has 10 aromatic rings. The first kappa shape index (κ1) is 81.7. The van der Waals surface area contributed by atoms with Gasteiger partial charge in [0.25, 0.3) is 0 Å². The quantitative estimate of drug-likeness (QED) is 0.0467. The number of aromatic nitrogens is 10.